The first-order valence-corrected chi connectivity index (χ1v) is 9.61. The molecule has 0 saturated heterocycles. The Morgan fingerprint density at radius 1 is 1.04 bits per heavy atom. The van der Waals surface area contributed by atoms with Crippen LogP contribution in [0.25, 0.3) is 0 Å². The van der Waals surface area contributed by atoms with Gasteiger partial charge in [0.25, 0.3) is 5.91 Å². The summed E-state index contributed by atoms with van der Waals surface area (Å²) in [5.41, 5.74) is 3.15. The number of ether oxygens (including phenoxy) is 1. The molecule has 0 aliphatic heterocycles. The molecule has 0 aliphatic rings. The Morgan fingerprint density at radius 3 is 2.39 bits per heavy atom. The minimum Gasteiger partial charge on any atom is -0.484 e. The third-order valence-corrected chi connectivity index (χ3v) is 4.55. The molecule has 0 radical (unpaired) electrons. The van der Waals surface area contributed by atoms with Crippen LogP contribution in [0.2, 0.25) is 0 Å². The Labute approximate surface area is 167 Å². The van der Waals surface area contributed by atoms with Gasteiger partial charge in [-0.15, -0.1) is 0 Å². The molecule has 0 bridgehead atoms. The molecule has 0 fully saturated rings. The topological polar surface area (TPSA) is 58.6 Å². The van der Waals surface area contributed by atoms with Crippen LogP contribution >= 0.6 is 0 Å². The fraction of sp³-hybridized carbons (Fsp3) is 0.391. The van der Waals surface area contributed by atoms with Crippen molar-refractivity contribution in [3.05, 3.63) is 65.2 Å². The number of rotatable bonds is 8. The molecule has 1 N–H and O–H groups in total. The largest absolute Gasteiger partial charge is 0.484 e. The first-order valence-electron chi connectivity index (χ1n) is 9.61. The minimum atomic E-state index is -0.601. The van der Waals surface area contributed by atoms with E-state index in [4.69, 9.17) is 4.74 Å². The van der Waals surface area contributed by atoms with Gasteiger partial charge in [-0.05, 0) is 63.4 Å². The molecule has 0 unspecified atom stereocenters. The summed E-state index contributed by atoms with van der Waals surface area (Å²) in [5, 5.41) is 2.89. The zero-order valence-electron chi connectivity index (χ0n) is 17.4. The van der Waals surface area contributed by atoms with Gasteiger partial charge in [0.05, 0.1) is 0 Å². The van der Waals surface area contributed by atoms with E-state index in [0.29, 0.717) is 12.3 Å². The van der Waals surface area contributed by atoms with Gasteiger partial charge in [0.1, 0.15) is 11.8 Å². The molecule has 5 nitrogen and oxygen atoms in total. The fourth-order valence-electron chi connectivity index (χ4n) is 2.89. The average Bonchev–Trinajstić information content (AvgIpc) is 2.64. The van der Waals surface area contributed by atoms with Crippen molar-refractivity contribution in [1.82, 2.24) is 10.2 Å². The number of amides is 2. The smallest absolute Gasteiger partial charge is 0.261 e. The lowest BCUT2D eigenvalue weighted by atomic mass is 10.1. The van der Waals surface area contributed by atoms with Crippen molar-refractivity contribution in [3.63, 3.8) is 0 Å². The quantitative estimate of drug-likeness (QED) is 0.759. The summed E-state index contributed by atoms with van der Waals surface area (Å²) < 4.78 is 5.69. The van der Waals surface area contributed by atoms with Crippen molar-refractivity contribution in [2.45, 2.75) is 53.2 Å². The second-order valence-corrected chi connectivity index (χ2v) is 7.39. The Kier molecular flexibility index (Phi) is 7.61. The predicted molar refractivity (Wildman–Crippen MR) is 111 cm³/mol. The first kappa shape index (κ1) is 21.5. The van der Waals surface area contributed by atoms with Crippen molar-refractivity contribution in [2.75, 3.05) is 6.61 Å². The van der Waals surface area contributed by atoms with Gasteiger partial charge in [-0.3, -0.25) is 9.59 Å². The van der Waals surface area contributed by atoms with E-state index >= 15 is 0 Å². The highest BCUT2D eigenvalue weighted by molar-refractivity contribution is 5.88. The van der Waals surface area contributed by atoms with Gasteiger partial charge >= 0.3 is 0 Å². The molecular formula is C23H30N2O3. The molecule has 0 aromatic heterocycles. The maximum absolute atomic E-state index is 13.0. The number of carbonyl (C=O) groups excluding carboxylic acids is 2. The van der Waals surface area contributed by atoms with E-state index in [2.05, 4.69) is 5.32 Å². The maximum atomic E-state index is 13.0. The standard InChI is InChI=1S/C23H30N2O3/c1-16(2)24-23(27)19(5)25(14-20-11-7-6-10-18(20)4)22(26)15-28-21-12-8-9-17(3)13-21/h6-13,16,19H,14-15H2,1-5H3,(H,24,27)/t19-/m1/s1. The van der Waals surface area contributed by atoms with Crippen LogP contribution in [0.1, 0.15) is 37.5 Å². The van der Waals surface area contributed by atoms with Crippen LogP contribution in [0, 0.1) is 13.8 Å². The zero-order valence-corrected chi connectivity index (χ0v) is 17.4. The average molecular weight is 383 g/mol. The third kappa shape index (κ3) is 6.12. The molecule has 2 amide bonds. The molecule has 0 heterocycles. The van der Waals surface area contributed by atoms with Crippen LogP contribution in [0.3, 0.4) is 0 Å². The molecule has 2 aromatic rings. The maximum Gasteiger partial charge on any atom is 0.261 e. The van der Waals surface area contributed by atoms with Gasteiger partial charge in [-0.1, -0.05) is 36.4 Å². The van der Waals surface area contributed by atoms with E-state index in [1.54, 1.807) is 11.8 Å². The van der Waals surface area contributed by atoms with Gasteiger partial charge in [0.15, 0.2) is 6.61 Å². The summed E-state index contributed by atoms with van der Waals surface area (Å²) in [4.78, 5) is 27.1. The van der Waals surface area contributed by atoms with Crippen LogP contribution < -0.4 is 10.1 Å². The van der Waals surface area contributed by atoms with Crippen LogP contribution in [0.4, 0.5) is 0 Å². The molecule has 0 aliphatic carbocycles. The third-order valence-electron chi connectivity index (χ3n) is 4.55. The SMILES string of the molecule is Cc1cccc(OCC(=O)N(Cc2ccccc2C)[C@H](C)C(=O)NC(C)C)c1. The molecule has 2 rings (SSSR count). The van der Waals surface area contributed by atoms with Crippen molar-refractivity contribution in [3.8, 4) is 5.75 Å². The Balaban J connectivity index is 2.17. The van der Waals surface area contributed by atoms with Crippen molar-refractivity contribution in [1.29, 1.82) is 0 Å². The van der Waals surface area contributed by atoms with Crippen LogP contribution in [-0.4, -0.2) is 35.4 Å². The summed E-state index contributed by atoms with van der Waals surface area (Å²) in [7, 11) is 0. The van der Waals surface area contributed by atoms with E-state index in [1.807, 2.05) is 76.2 Å². The van der Waals surface area contributed by atoms with E-state index in [0.717, 1.165) is 16.7 Å². The minimum absolute atomic E-state index is 0.00825. The summed E-state index contributed by atoms with van der Waals surface area (Å²) >= 11 is 0. The summed E-state index contributed by atoms with van der Waals surface area (Å²) in [5.74, 6) is 0.243. The molecule has 1 atom stereocenters. The van der Waals surface area contributed by atoms with E-state index in [9.17, 15) is 9.59 Å². The van der Waals surface area contributed by atoms with E-state index in [1.165, 1.54) is 0 Å². The van der Waals surface area contributed by atoms with Gasteiger partial charge in [-0.25, -0.2) is 0 Å². The molecule has 28 heavy (non-hydrogen) atoms. The number of hydrogen-bond donors (Lipinski definition) is 1. The number of nitrogens with one attached hydrogen (secondary N) is 1. The highest BCUT2D eigenvalue weighted by atomic mass is 16.5. The Hall–Kier alpha value is -2.82. The molecule has 2 aromatic carbocycles. The highest BCUT2D eigenvalue weighted by Gasteiger charge is 2.27. The number of aryl methyl sites for hydroxylation is 2. The summed E-state index contributed by atoms with van der Waals surface area (Å²) in [6, 6.07) is 14.8. The first-order chi connectivity index (χ1) is 13.3. The normalized spacial score (nSPS) is 11.8. The van der Waals surface area contributed by atoms with Gasteiger partial charge in [-0.2, -0.15) is 0 Å². The van der Waals surface area contributed by atoms with Crippen LogP contribution in [-0.2, 0) is 16.1 Å². The van der Waals surface area contributed by atoms with Crippen LogP contribution in [0.15, 0.2) is 48.5 Å². The van der Waals surface area contributed by atoms with Gasteiger partial charge in [0.2, 0.25) is 5.91 Å². The second kappa shape index (κ2) is 9.93. The van der Waals surface area contributed by atoms with Gasteiger partial charge < -0.3 is 15.0 Å². The zero-order chi connectivity index (χ0) is 20.7. The summed E-state index contributed by atoms with van der Waals surface area (Å²) in [6.07, 6.45) is 0. The number of carbonyl (C=O) groups is 2. The lowest BCUT2D eigenvalue weighted by Crippen LogP contribution is -2.50. The lowest BCUT2D eigenvalue weighted by molar-refractivity contribution is -0.142. The molecule has 150 valence electrons. The second-order valence-electron chi connectivity index (χ2n) is 7.39. The highest BCUT2D eigenvalue weighted by Crippen LogP contribution is 2.16. The van der Waals surface area contributed by atoms with E-state index < -0.39 is 6.04 Å². The predicted octanol–water partition coefficient (Wildman–Crippen LogP) is 3.62. The summed E-state index contributed by atoms with van der Waals surface area (Å²) in [6.45, 7) is 9.76. The van der Waals surface area contributed by atoms with Crippen molar-refractivity contribution in [2.24, 2.45) is 0 Å². The fourth-order valence-corrected chi connectivity index (χ4v) is 2.89. The molecular weight excluding hydrogens is 352 g/mol. The van der Waals surface area contributed by atoms with E-state index in [-0.39, 0.29) is 24.5 Å². The number of benzene rings is 2. The Morgan fingerprint density at radius 2 is 1.75 bits per heavy atom. The van der Waals surface area contributed by atoms with Crippen molar-refractivity contribution >= 4 is 11.8 Å². The monoisotopic (exact) mass is 382 g/mol. The molecule has 5 heteroatoms. The van der Waals surface area contributed by atoms with Crippen molar-refractivity contribution < 1.29 is 14.3 Å². The van der Waals surface area contributed by atoms with Crippen LogP contribution in [0.5, 0.6) is 5.75 Å². The number of hydrogen-bond acceptors (Lipinski definition) is 3. The molecule has 0 spiro atoms. The lowest BCUT2D eigenvalue weighted by Gasteiger charge is -2.29. The molecule has 0 saturated carbocycles. The van der Waals surface area contributed by atoms with Gasteiger partial charge in [0, 0.05) is 12.6 Å². The Bertz CT molecular complexity index is 817. The number of nitrogens with zero attached hydrogens (tertiary/aromatic N) is 1.